The Bertz CT molecular complexity index is 778. The number of hydrogen-bond acceptors (Lipinski definition) is 3. The van der Waals surface area contributed by atoms with Crippen molar-refractivity contribution in [1.29, 1.82) is 0 Å². The van der Waals surface area contributed by atoms with Crippen molar-refractivity contribution in [1.82, 2.24) is 5.32 Å². The number of carbonyl (C=O) groups excluding carboxylic acids is 2. The average Bonchev–Trinajstić information content (AvgIpc) is 2.55. The minimum Gasteiger partial charge on any atom is -0.353 e. The predicted molar refractivity (Wildman–Crippen MR) is 99.5 cm³/mol. The Balaban J connectivity index is 2.10. The van der Waals surface area contributed by atoms with Gasteiger partial charge in [0.05, 0.1) is 17.0 Å². The summed E-state index contributed by atoms with van der Waals surface area (Å²) in [4.78, 5) is 25.0. The SMILES string of the molecule is Cc1ccc(NC(=O)c2ccccc2SCC(=O)NC(C)C)c(F)c1. The number of hydrogen-bond donors (Lipinski definition) is 2. The van der Waals surface area contributed by atoms with Gasteiger partial charge in [0.2, 0.25) is 5.91 Å². The molecular formula is C19H21FN2O2S. The molecule has 0 saturated carbocycles. The summed E-state index contributed by atoms with van der Waals surface area (Å²) in [6.45, 7) is 5.56. The van der Waals surface area contributed by atoms with Crippen molar-refractivity contribution in [3.63, 3.8) is 0 Å². The van der Waals surface area contributed by atoms with Crippen molar-refractivity contribution in [2.45, 2.75) is 31.7 Å². The fourth-order valence-electron chi connectivity index (χ4n) is 2.20. The molecule has 2 rings (SSSR count). The third-order valence-corrected chi connectivity index (χ3v) is 4.39. The van der Waals surface area contributed by atoms with Gasteiger partial charge >= 0.3 is 0 Å². The zero-order chi connectivity index (χ0) is 18.4. The van der Waals surface area contributed by atoms with Gasteiger partial charge in [-0.1, -0.05) is 18.2 Å². The molecule has 0 heterocycles. The highest BCUT2D eigenvalue weighted by Gasteiger charge is 2.15. The second-order valence-corrected chi connectivity index (χ2v) is 6.96. The molecule has 0 unspecified atom stereocenters. The van der Waals surface area contributed by atoms with E-state index < -0.39 is 11.7 Å². The van der Waals surface area contributed by atoms with Crippen molar-refractivity contribution >= 4 is 29.3 Å². The summed E-state index contributed by atoms with van der Waals surface area (Å²) in [6, 6.07) is 11.7. The van der Waals surface area contributed by atoms with Gasteiger partial charge in [-0.15, -0.1) is 11.8 Å². The van der Waals surface area contributed by atoms with Crippen LogP contribution in [-0.2, 0) is 4.79 Å². The van der Waals surface area contributed by atoms with E-state index in [0.29, 0.717) is 10.5 Å². The van der Waals surface area contributed by atoms with Gasteiger partial charge in [0.25, 0.3) is 5.91 Å². The number of rotatable bonds is 6. The number of carbonyl (C=O) groups is 2. The Labute approximate surface area is 151 Å². The van der Waals surface area contributed by atoms with E-state index in [-0.39, 0.29) is 23.4 Å². The average molecular weight is 360 g/mol. The van der Waals surface area contributed by atoms with E-state index in [1.54, 1.807) is 37.3 Å². The fourth-order valence-corrected chi connectivity index (χ4v) is 3.06. The van der Waals surface area contributed by atoms with E-state index in [1.807, 2.05) is 13.8 Å². The van der Waals surface area contributed by atoms with Crippen molar-refractivity contribution in [2.24, 2.45) is 0 Å². The van der Waals surface area contributed by atoms with Crippen LogP contribution >= 0.6 is 11.8 Å². The number of anilines is 1. The largest absolute Gasteiger partial charge is 0.353 e. The second-order valence-electron chi connectivity index (χ2n) is 5.94. The lowest BCUT2D eigenvalue weighted by Crippen LogP contribution is -2.31. The van der Waals surface area contributed by atoms with Crippen LogP contribution in [0, 0.1) is 12.7 Å². The van der Waals surface area contributed by atoms with E-state index in [0.717, 1.165) is 5.56 Å². The topological polar surface area (TPSA) is 58.2 Å². The molecule has 6 heteroatoms. The van der Waals surface area contributed by atoms with Crippen LogP contribution in [0.4, 0.5) is 10.1 Å². The van der Waals surface area contributed by atoms with Crippen molar-refractivity contribution in [3.8, 4) is 0 Å². The summed E-state index contributed by atoms with van der Waals surface area (Å²) in [5.74, 6) is -0.772. The van der Waals surface area contributed by atoms with Gasteiger partial charge in [-0.2, -0.15) is 0 Å². The quantitative estimate of drug-likeness (QED) is 0.766. The van der Waals surface area contributed by atoms with Crippen molar-refractivity contribution in [3.05, 3.63) is 59.4 Å². The van der Waals surface area contributed by atoms with E-state index in [1.165, 1.54) is 23.9 Å². The molecule has 0 aliphatic heterocycles. The minimum absolute atomic E-state index is 0.0659. The summed E-state index contributed by atoms with van der Waals surface area (Å²) in [7, 11) is 0. The summed E-state index contributed by atoms with van der Waals surface area (Å²) in [5, 5.41) is 5.39. The van der Waals surface area contributed by atoms with Crippen LogP contribution in [-0.4, -0.2) is 23.6 Å². The number of thioether (sulfide) groups is 1. The lowest BCUT2D eigenvalue weighted by Gasteiger charge is -2.12. The van der Waals surface area contributed by atoms with Gasteiger partial charge in [-0.25, -0.2) is 4.39 Å². The molecule has 0 spiro atoms. The van der Waals surface area contributed by atoms with Crippen LogP contribution in [0.3, 0.4) is 0 Å². The molecule has 0 aliphatic rings. The first-order valence-electron chi connectivity index (χ1n) is 7.95. The van der Waals surface area contributed by atoms with Gasteiger partial charge in [-0.3, -0.25) is 9.59 Å². The molecule has 0 radical (unpaired) electrons. The zero-order valence-corrected chi connectivity index (χ0v) is 15.2. The summed E-state index contributed by atoms with van der Waals surface area (Å²) in [6.07, 6.45) is 0. The summed E-state index contributed by atoms with van der Waals surface area (Å²) >= 11 is 1.28. The predicted octanol–water partition coefficient (Wildman–Crippen LogP) is 4.00. The number of nitrogens with one attached hydrogen (secondary N) is 2. The Kier molecular flexibility index (Phi) is 6.58. The molecule has 25 heavy (non-hydrogen) atoms. The smallest absolute Gasteiger partial charge is 0.256 e. The lowest BCUT2D eigenvalue weighted by molar-refractivity contribution is -0.119. The van der Waals surface area contributed by atoms with Crippen molar-refractivity contribution < 1.29 is 14.0 Å². The second kappa shape index (κ2) is 8.67. The molecule has 0 bridgehead atoms. The van der Waals surface area contributed by atoms with Crippen LogP contribution in [0.2, 0.25) is 0 Å². The van der Waals surface area contributed by atoms with E-state index in [4.69, 9.17) is 0 Å². The molecule has 2 N–H and O–H groups in total. The highest BCUT2D eigenvalue weighted by Crippen LogP contribution is 2.24. The molecule has 2 aromatic carbocycles. The third kappa shape index (κ3) is 5.60. The van der Waals surface area contributed by atoms with Gasteiger partial charge < -0.3 is 10.6 Å². The Morgan fingerprint density at radius 1 is 1.16 bits per heavy atom. The standard InChI is InChI=1S/C19H21FN2O2S/c1-12(2)21-18(23)11-25-17-7-5-4-6-14(17)19(24)22-16-9-8-13(3)10-15(16)20/h4-10,12H,11H2,1-3H3,(H,21,23)(H,22,24). The molecule has 0 atom stereocenters. The third-order valence-electron chi connectivity index (χ3n) is 3.31. The van der Waals surface area contributed by atoms with Gasteiger partial charge in [0.1, 0.15) is 5.82 Å². The zero-order valence-electron chi connectivity index (χ0n) is 14.4. The molecule has 0 aromatic heterocycles. The number of halogens is 1. The first-order chi connectivity index (χ1) is 11.9. The highest BCUT2D eigenvalue weighted by atomic mass is 32.2. The number of benzene rings is 2. The Morgan fingerprint density at radius 2 is 1.88 bits per heavy atom. The first kappa shape index (κ1) is 19.0. The molecule has 0 fully saturated rings. The minimum atomic E-state index is -0.477. The van der Waals surface area contributed by atoms with Crippen LogP contribution in [0.5, 0.6) is 0 Å². The highest BCUT2D eigenvalue weighted by molar-refractivity contribution is 8.00. The maximum atomic E-state index is 13.9. The molecule has 2 aromatic rings. The van der Waals surface area contributed by atoms with Crippen LogP contribution in [0.25, 0.3) is 0 Å². The molecule has 4 nitrogen and oxygen atoms in total. The summed E-state index contributed by atoms with van der Waals surface area (Å²) < 4.78 is 13.9. The lowest BCUT2D eigenvalue weighted by atomic mass is 10.2. The molecule has 0 aliphatic carbocycles. The van der Waals surface area contributed by atoms with Crippen LogP contribution in [0.1, 0.15) is 29.8 Å². The van der Waals surface area contributed by atoms with E-state index >= 15 is 0 Å². The van der Waals surface area contributed by atoms with E-state index in [9.17, 15) is 14.0 Å². The van der Waals surface area contributed by atoms with Crippen LogP contribution in [0.15, 0.2) is 47.4 Å². The fraction of sp³-hybridized carbons (Fsp3) is 0.263. The summed E-state index contributed by atoms with van der Waals surface area (Å²) in [5.41, 5.74) is 1.32. The maximum Gasteiger partial charge on any atom is 0.256 e. The van der Waals surface area contributed by atoms with Crippen LogP contribution < -0.4 is 10.6 Å². The van der Waals surface area contributed by atoms with Gasteiger partial charge in [0.15, 0.2) is 0 Å². The first-order valence-corrected chi connectivity index (χ1v) is 8.94. The van der Waals surface area contributed by atoms with Gasteiger partial charge in [0, 0.05) is 10.9 Å². The van der Waals surface area contributed by atoms with Crippen molar-refractivity contribution in [2.75, 3.05) is 11.1 Å². The Morgan fingerprint density at radius 3 is 2.56 bits per heavy atom. The van der Waals surface area contributed by atoms with E-state index in [2.05, 4.69) is 10.6 Å². The molecular weight excluding hydrogens is 339 g/mol. The number of aryl methyl sites for hydroxylation is 1. The van der Waals surface area contributed by atoms with Gasteiger partial charge in [-0.05, 0) is 50.6 Å². The molecule has 0 saturated heterocycles. The monoisotopic (exact) mass is 360 g/mol. The maximum absolute atomic E-state index is 13.9. The molecule has 2 amide bonds. The molecule has 132 valence electrons. The number of amides is 2. The Hall–Kier alpha value is -2.34. The normalized spacial score (nSPS) is 10.6.